The molecule has 0 atom stereocenters. The number of phenols is 2. The van der Waals surface area contributed by atoms with Gasteiger partial charge in [0.15, 0.2) is 0 Å². The Kier molecular flexibility index (Phi) is 11.3. The van der Waals surface area contributed by atoms with Crippen LogP contribution in [0.1, 0.15) is 0 Å². The molecule has 8 rings (SSSR count). The van der Waals surface area contributed by atoms with E-state index >= 15 is 0 Å². The minimum Gasteiger partial charge on any atom is -0.871 e. The van der Waals surface area contributed by atoms with Gasteiger partial charge in [-0.1, -0.05) is 96.4 Å². The molecule has 0 radical (unpaired) electrons. The van der Waals surface area contributed by atoms with Gasteiger partial charge in [-0.25, -0.2) is 0 Å². The van der Waals surface area contributed by atoms with Crippen LogP contribution >= 0.6 is 0 Å². The summed E-state index contributed by atoms with van der Waals surface area (Å²) < 4.78 is 0. The molecule has 0 unspecified atom stereocenters. The standard InChI is InChI=1S/4C9H7NO.Zn/c4*11-8-5-1-3-7-4-2-6-10-9(7)8;/h4*1-6,11H;/q;;;;+2/p-2. The van der Waals surface area contributed by atoms with Gasteiger partial charge in [-0.2, -0.15) is 0 Å². The topological polar surface area (TPSA) is 138 Å². The van der Waals surface area contributed by atoms with Crippen molar-refractivity contribution in [3.8, 4) is 23.0 Å². The van der Waals surface area contributed by atoms with Gasteiger partial charge in [0.2, 0.25) is 0 Å². The largest absolute Gasteiger partial charge is 2.00 e. The maximum atomic E-state index is 11.1. The summed E-state index contributed by atoms with van der Waals surface area (Å²) in [6, 6.07) is 35.9. The van der Waals surface area contributed by atoms with Crippen LogP contribution in [0.25, 0.3) is 43.6 Å². The van der Waals surface area contributed by atoms with E-state index < -0.39 is 0 Å². The van der Waals surface area contributed by atoms with Gasteiger partial charge in [0, 0.05) is 35.6 Å². The third kappa shape index (κ3) is 8.25. The molecule has 8 aromatic rings. The zero-order valence-electron chi connectivity index (χ0n) is 24.1. The number of benzene rings is 4. The molecule has 0 saturated heterocycles. The van der Waals surface area contributed by atoms with Crippen molar-refractivity contribution < 1.29 is 39.9 Å². The molecule has 0 aliphatic rings. The summed E-state index contributed by atoms with van der Waals surface area (Å²) in [4.78, 5) is 16.0. The number of rotatable bonds is 0. The SMILES string of the molecule is Oc1cccc2cccnc12.Oc1cccc2cccnc12.[O-]c1cccc2cccnc12.[O-]c1cccc2cccnc12.[Zn+2]. The molecule has 45 heavy (non-hydrogen) atoms. The number of nitrogens with zero attached hydrogens (tertiary/aromatic N) is 4. The Morgan fingerprint density at radius 2 is 0.622 bits per heavy atom. The summed E-state index contributed by atoms with van der Waals surface area (Å²) in [6.45, 7) is 0. The minimum atomic E-state index is -0.0110. The van der Waals surface area contributed by atoms with Gasteiger partial charge in [-0.3, -0.25) is 19.9 Å². The minimum absolute atomic E-state index is 0. The summed E-state index contributed by atoms with van der Waals surface area (Å²) >= 11 is 0. The smallest absolute Gasteiger partial charge is 0.871 e. The number of aromatic hydroxyl groups is 2. The van der Waals surface area contributed by atoms with Gasteiger partial charge in [-0.15, -0.1) is 0 Å². The number of phenolic OH excluding ortho intramolecular Hbond substituents is 2. The fraction of sp³-hybridized carbons (Fsp3) is 0. The molecule has 4 heterocycles. The summed E-state index contributed by atoms with van der Waals surface area (Å²) in [6.07, 6.45) is 6.59. The van der Waals surface area contributed by atoms with Crippen LogP contribution in [0.2, 0.25) is 0 Å². The fourth-order valence-corrected chi connectivity index (χ4v) is 4.33. The Morgan fingerprint density at radius 1 is 0.356 bits per heavy atom. The second-order valence-electron chi connectivity index (χ2n) is 9.37. The van der Waals surface area contributed by atoms with E-state index in [1.54, 1.807) is 61.2 Å². The Bertz CT molecular complexity index is 1830. The van der Waals surface area contributed by atoms with Gasteiger partial charge >= 0.3 is 19.5 Å². The zero-order chi connectivity index (χ0) is 30.7. The van der Waals surface area contributed by atoms with E-state index in [1.165, 1.54) is 12.1 Å². The van der Waals surface area contributed by atoms with Crippen molar-refractivity contribution >= 4 is 43.6 Å². The predicted octanol–water partition coefficient (Wildman–Crippen LogP) is 6.50. The first-order valence-electron chi connectivity index (χ1n) is 13.6. The molecular weight excluding hydrogens is 618 g/mol. The molecule has 8 nitrogen and oxygen atoms in total. The van der Waals surface area contributed by atoms with Crippen LogP contribution in [0.3, 0.4) is 0 Å². The monoisotopic (exact) mass is 642 g/mol. The summed E-state index contributed by atoms with van der Waals surface area (Å²) in [7, 11) is 0. The first-order valence-corrected chi connectivity index (χ1v) is 13.6. The summed E-state index contributed by atoms with van der Waals surface area (Å²) in [5, 5.41) is 44.6. The molecule has 0 saturated carbocycles. The third-order valence-corrected chi connectivity index (χ3v) is 6.41. The molecular formula is C36H26N4O4Zn. The fourth-order valence-electron chi connectivity index (χ4n) is 4.33. The van der Waals surface area contributed by atoms with Crippen LogP contribution < -0.4 is 10.2 Å². The Morgan fingerprint density at radius 3 is 0.933 bits per heavy atom. The average Bonchev–Trinajstić information content (AvgIpc) is 3.07. The quantitative estimate of drug-likeness (QED) is 0.179. The number of fused-ring (bicyclic) bond motifs is 4. The first-order chi connectivity index (χ1) is 21.5. The van der Waals surface area contributed by atoms with Crippen LogP contribution in [0, 0.1) is 0 Å². The zero-order valence-corrected chi connectivity index (χ0v) is 27.0. The molecule has 2 N–H and O–H groups in total. The van der Waals surface area contributed by atoms with Gasteiger partial charge in [-0.05, 0) is 47.2 Å². The van der Waals surface area contributed by atoms with Crippen molar-refractivity contribution in [1.29, 1.82) is 0 Å². The third-order valence-electron chi connectivity index (χ3n) is 6.41. The molecule has 9 heteroatoms. The summed E-state index contributed by atoms with van der Waals surface area (Å²) in [5.41, 5.74) is 2.43. The summed E-state index contributed by atoms with van der Waals surface area (Å²) in [5.74, 6) is 0.456. The second kappa shape index (κ2) is 15.7. The number of hydrogen-bond donors (Lipinski definition) is 2. The Hall–Kier alpha value is -5.66. The number of para-hydroxylation sites is 4. The van der Waals surface area contributed by atoms with E-state index in [4.69, 9.17) is 0 Å². The van der Waals surface area contributed by atoms with E-state index in [-0.39, 0.29) is 42.5 Å². The van der Waals surface area contributed by atoms with E-state index in [0.29, 0.717) is 22.1 Å². The van der Waals surface area contributed by atoms with Crippen molar-refractivity contribution in [3.05, 3.63) is 146 Å². The van der Waals surface area contributed by atoms with Gasteiger partial charge in [0.05, 0.1) is 11.0 Å². The molecule has 0 aliphatic carbocycles. The van der Waals surface area contributed by atoms with Crippen molar-refractivity contribution in [2.75, 3.05) is 0 Å². The van der Waals surface area contributed by atoms with Crippen LogP contribution in [0.15, 0.2) is 146 Å². The Labute approximate surface area is 271 Å². The first kappa shape index (κ1) is 32.3. The molecule has 216 valence electrons. The molecule has 0 aliphatic heterocycles. The van der Waals surface area contributed by atoms with Gasteiger partial charge in [0.1, 0.15) is 22.5 Å². The maximum absolute atomic E-state index is 11.1. The molecule has 4 aromatic carbocycles. The van der Waals surface area contributed by atoms with Crippen LogP contribution in [-0.4, -0.2) is 30.1 Å². The van der Waals surface area contributed by atoms with Crippen molar-refractivity contribution in [3.63, 3.8) is 0 Å². The van der Waals surface area contributed by atoms with Crippen LogP contribution in [0.4, 0.5) is 0 Å². The molecule has 0 amide bonds. The number of hydrogen-bond acceptors (Lipinski definition) is 8. The van der Waals surface area contributed by atoms with E-state index in [2.05, 4.69) is 19.9 Å². The van der Waals surface area contributed by atoms with Gasteiger partial charge < -0.3 is 20.4 Å². The molecule has 0 spiro atoms. The van der Waals surface area contributed by atoms with E-state index in [1.807, 2.05) is 72.8 Å². The maximum Gasteiger partial charge on any atom is 2.00 e. The van der Waals surface area contributed by atoms with Crippen molar-refractivity contribution in [1.82, 2.24) is 19.9 Å². The van der Waals surface area contributed by atoms with E-state index in [0.717, 1.165) is 21.5 Å². The normalized spacial score (nSPS) is 9.96. The molecule has 0 bridgehead atoms. The Balaban J connectivity index is 0.000000136. The number of pyridine rings is 4. The van der Waals surface area contributed by atoms with Crippen molar-refractivity contribution in [2.45, 2.75) is 0 Å². The average molecular weight is 644 g/mol. The second-order valence-corrected chi connectivity index (χ2v) is 9.37. The van der Waals surface area contributed by atoms with Crippen LogP contribution in [0.5, 0.6) is 23.0 Å². The van der Waals surface area contributed by atoms with Gasteiger partial charge in [0.25, 0.3) is 0 Å². The predicted molar refractivity (Wildman–Crippen MR) is 169 cm³/mol. The molecule has 4 aromatic heterocycles. The van der Waals surface area contributed by atoms with E-state index in [9.17, 15) is 20.4 Å². The number of aromatic nitrogens is 4. The van der Waals surface area contributed by atoms with Crippen LogP contribution in [-0.2, 0) is 19.5 Å². The van der Waals surface area contributed by atoms with Crippen molar-refractivity contribution in [2.24, 2.45) is 0 Å². The molecule has 0 fully saturated rings.